The lowest BCUT2D eigenvalue weighted by Crippen LogP contribution is -2.56. The van der Waals surface area contributed by atoms with Crippen LogP contribution in [0.4, 0.5) is 4.79 Å². The molecule has 0 aliphatic carbocycles. The number of hydrogen-bond acceptors (Lipinski definition) is 3. The molecule has 4 nitrogen and oxygen atoms in total. The van der Waals surface area contributed by atoms with Gasteiger partial charge in [0, 0.05) is 19.6 Å². The van der Waals surface area contributed by atoms with E-state index in [1.807, 2.05) is 25.7 Å². The lowest BCUT2D eigenvalue weighted by molar-refractivity contribution is 0.00525. The summed E-state index contributed by atoms with van der Waals surface area (Å²) >= 11 is 0. The monoisotopic (exact) mass is 242 g/mol. The Labute approximate surface area is 105 Å². The van der Waals surface area contributed by atoms with Crippen LogP contribution in [-0.2, 0) is 4.74 Å². The number of nitrogens with one attached hydrogen (secondary N) is 1. The third kappa shape index (κ3) is 4.19. The van der Waals surface area contributed by atoms with Crippen LogP contribution in [0.2, 0.25) is 0 Å². The minimum Gasteiger partial charge on any atom is -0.444 e. The summed E-state index contributed by atoms with van der Waals surface area (Å²) in [5, 5.41) is 3.35. The van der Waals surface area contributed by atoms with Crippen LogP contribution in [0.1, 0.15) is 41.0 Å². The van der Waals surface area contributed by atoms with Crippen molar-refractivity contribution in [3.05, 3.63) is 0 Å². The fraction of sp³-hybridized carbons (Fsp3) is 0.923. The summed E-state index contributed by atoms with van der Waals surface area (Å²) in [6, 6.07) is 0.253. The van der Waals surface area contributed by atoms with E-state index in [9.17, 15) is 4.79 Å². The Bertz CT molecular complexity index is 261. The van der Waals surface area contributed by atoms with E-state index in [4.69, 9.17) is 4.74 Å². The van der Waals surface area contributed by atoms with Crippen molar-refractivity contribution >= 4 is 6.09 Å². The second kappa shape index (κ2) is 5.71. The van der Waals surface area contributed by atoms with Crippen molar-refractivity contribution in [2.45, 2.75) is 52.7 Å². The highest BCUT2D eigenvalue weighted by Gasteiger charge is 2.32. The number of hydrogen-bond donors (Lipinski definition) is 1. The molecule has 0 spiro atoms. The molecular weight excluding hydrogens is 216 g/mol. The van der Waals surface area contributed by atoms with Gasteiger partial charge in [0.25, 0.3) is 0 Å². The summed E-state index contributed by atoms with van der Waals surface area (Å²) in [6.07, 6.45) is 0.898. The predicted octanol–water partition coefficient (Wildman–Crippen LogP) is 2.24. The molecule has 1 N–H and O–H groups in total. The van der Waals surface area contributed by atoms with Crippen LogP contribution >= 0.6 is 0 Å². The number of ether oxygens (including phenoxy) is 1. The molecule has 1 rings (SSSR count). The van der Waals surface area contributed by atoms with Gasteiger partial charge in [-0.1, -0.05) is 20.3 Å². The van der Waals surface area contributed by atoms with Gasteiger partial charge in [-0.15, -0.1) is 0 Å². The Kier molecular flexibility index (Phi) is 4.80. The molecule has 100 valence electrons. The normalized spacial score (nSPS) is 23.4. The number of amides is 1. The average molecular weight is 242 g/mol. The van der Waals surface area contributed by atoms with E-state index in [0.717, 1.165) is 26.1 Å². The summed E-state index contributed by atoms with van der Waals surface area (Å²) in [5.41, 5.74) is -0.415. The Morgan fingerprint density at radius 1 is 1.53 bits per heavy atom. The molecule has 0 aromatic heterocycles. The largest absolute Gasteiger partial charge is 0.444 e. The van der Waals surface area contributed by atoms with Crippen molar-refractivity contribution in [2.75, 3.05) is 19.6 Å². The maximum Gasteiger partial charge on any atom is 0.410 e. The van der Waals surface area contributed by atoms with Crippen molar-refractivity contribution in [1.82, 2.24) is 10.2 Å². The summed E-state index contributed by atoms with van der Waals surface area (Å²) in [4.78, 5) is 14.0. The third-order valence-electron chi connectivity index (χ3n) is 3.21. The van der Waals surface area contributed by atoms with E-state index >= 15 is 0 Å². The fourth-order valence-electron chi connectivity index (χ4n) is 2.05. The molecular formula is C13H26N2O2. The predicted molar refractivity (Wildman–Crippen MR) is 69.1 cm³/mol. The van der Waals surface area contributed by atoms with Gasteiger partial charge in [0.1, 0.15) is 5.60 Å². The minimum atomic E-state index is -0.415. The van der Waals surface area contributed by atoms with Gasteiger partial charge >= 0.3 is 6.09 Å². The molecule has 0 aromatic rings. The van der Waals surface area contributed by atoms with Gasteiger partial charge in [-0.2, -0.15) is 0 Å². The van der Waals surface area contributed by atoms with Crippen LogP contribution < -0.4 is 5.32 Å². The van der Waals surface area contributed by atoms with Gasteiger partial charge in [0.2, 0.25) is 0 Å². The van der Waals surface area contributed by atoms with Gasteiger partial charge in [0.15, 0.2) is 0 Å². The average Bonchev–Trinajstić information content (AvgIpc) is 2.25. The standard InChI is InChI=1S/C13H26N2O2/c1-6-10(2)11-9-14-7-8-15(11)12(16)17-13(3,4)5/h10-11,14H,6-9H2,1-5H3/t10?,11-/m1/s1. The van der Waals surface area contributed by atoms with Crippen LogP contribution in [0.5, 0.6) is 0 Å². The number of carbonyl (C=O) groups excluding carboxylic acids is 1. The molecule has 2 atom stereocenters. The van der Waals surface area contributed by atoms with Crippen molar-refractivity contribution < 1.29 is 9.53 Å². The molecule has 1 aliphatic heterocycles. The first-order chi connectivity index (χ1) is 7.85. The first-order valence-electron chi connectivity index (χ1n) is 6.55. The molecule has 0 bridgehead atoms. The van der Waals surface area contributed by atoms with E-state index in [1.54, 1.807) is 0 Å². The van der Waals surface area contributed by atoms with Gasteiger partial charge in [-0.3, -0.25) is 0 Å². The SMILES string of the molecule is CCC(C)[C@H]1CNCCN1C(=O)OC(C)(C)C. The topological polar surface area (TPSA) is 41.6 Å². The molecule has 1 saturated heterocycles. The number of carbonyl (C=O) groups is 1. The first kappa shape index (κ1) is 14.3. The first-order valence-corrected chi connectivity index (χ1v) is 6.55. The van der Waals surface area contributed by atoms with Gasteiger partial charge in [0.05, 0.1) is 6.04 Å². The van der Waals surface area contributed by atoms with E-state index in [1.165, 1.54) is 0 Å². The second-order valence-electron chi connectivity index (χ2n) is 5.83. The molecule has 1 amide bonds. The van der Waals surface area contributed by atoms with Crippen molar-refractivity contribution in [2.24, 2.45) is 5.92 Å². The maximum absolute atomic E-state index is 12.1. The molecule has 17 heavy (non-hydrogen) atoms. The van der Waals surface area contributed by atoms with Crippen LogP contribution in [0, 0.1) is 5.92 Å². The quantitative estimate of drug-likeness (QED) is 0.807. The van der Waals surface area contributed by atoms with Crippen LogP contribution in [-0.4, -0.2) is 42.3 Å². The minimum absolute atomic E-state index is 0.177. The smallest absolute Gasteiger partial charge is 0.410 e. The molecule has 0 saturated carbocycles. The highest BCUT2D eigenvalue weighted by Crippen LogP contribution is 2.19. The van der Waals surface area contributed by atoms with Gasteiger partial charge in [-0.25, -0.2) is 4.79 Å². The zero-order chi connectivity index (χ0) is 13.1. The lowest BCUT2D eigenvalue weighted by Gasteiger charge is -2.39. The molecule has 1 heterocycles. The summed E-state index contributed by atoms with van der Waals surface area (Å²) in [6.45, 7) is 12.5. The summed E-state index contributed by atoms with van der Waals surface area (Å²) in [7, 11) is 0. The highest BCUT2D eigenvalue weighted by molar-refractivity contribution is 5.68. The molecule has 1 fully saturated rings. The molecule has 0 aromatic carbocycles. The lowest BCUT2D eigenvalue weighted by atomic mass is 9.96. The maximum atomic E-state index is 12.1. The zero-order valence-electron chi connectivity index (χ0n) is 11.7. The van der Waals surface area contributed by atoms with E-state index < -0.39 is 5.60 Å². The Morgan fingerprint density at radius 3 is 2.71 bits per heavy atom. The van der Waals surface area contributed by atoms with Crippen molar-refractivity contribution in [3.63, 3.8) is 0 Å². The van der Waals surface area contributed by atoms with Crippen LogP contribution in [0.25, 0.3) is 0 Å². The number of nitrogens with zero attached hydrogens (tertiary/aromatic N) is 1. The fourth-order valence-corrected chi connectivity index (χ4v) is 2.05. The Balaban J connectivity index is 2.67. The zero-order valence-corrected chi connectivity index (χ0v) is 11.7. The summed E-state index contributed by atoms with van der Waals surface area (Å²) < 4.78 is 5.46. The number of piperazine rings is 1. The Morgan fingerprint density at radius 2 is 2.18 bits per heavy atom. The van der Waals surface area contributed by atoms with E-state index in [0.29, 0.717) is 5.92 Å². The Hall–Kier alpha value is -0.770. The highest BCUT2D eigenvalue weighted by atomic mass is 16.6. The third-order valence-corrected chi connectivity index (χ3v) is 3.21. The number of rotatable bonds is 2. The molecule has 1 unspecified atom stereocenters. The van der Waals surface area contributed by atoms with Crippen LogP contribution in [0.15, 0.2) is 0 Å². The van der Waals surface area contributed by atoms with E-state index in [-0.39, 0.29) is 12.1 Å². The van der Waals surface area contributed by atoms with Gasteiger partial charge in [-0.05, 0) is 26.7 Å². The van der Waals surface area contributed by atoms with Gasteiger partial charge < -0.3 is 15.0 Å². The summed E-state index contributed by atoms with van der Waals surface area (Å²) in [5.74, 6) is 0.496. The molecule has 4 heteroatoms. The second-order valence-corrected chi connectivity index (χ2v) is 5.83. The molecule has 0 radical (unpaired) electrons. The van der Waals surface area contributed by atoms with E-state index in [2.05, 4.69) is 19.2 Å². The van der Waals surface area contributed by atoms with Crippen molar-refractivity contribution in [3.8, 4) is 0 Å². The van der Waals surface area contributed by atoms with Crippen molar-refractivity contribution in [1.29, 1.82) is 0 Å². The molecule has 1 aliphatic rings. The van der Waals surface area contributed by atoms with Crippen LogP contribution in [0.3, 0.4) is 0 Å².